The van der Waals surface area contributed by atoms with Crippen molar-refractivity contribution in [3.05, 3.63) is 71.3 Å². The summed E-state index contributed by atoms with van der Waals surface area (Å²) >= 11 is 0. The van der Waals surface area contributed by atoms with Crippen molar-refractivity contribution < 1.29 is 26.8 Å². The number of carbonyl (C=O) groups excluding carboxylic acids is 2. The molecule has 200 valence electrons. The average molecular weight is 520 g/mol. The lowest BCUT2D eigenvalue weighted by Crippen LogP contribution is -2.59. The molecule has 2 aromatic rings. The lowest BCUT2D eigenvalue weighted by atomic mass is 9.30. The Hall–Kier alpha value is -2.63. The summed E-state index contributed by atoms with van der Waals surface area (Å²) in [6.07, 6.45) is 12.9. The largest absolute Gasteiger partial charge is 0.602 e. The third-order valence-corrected chi connectivity index (χ3v) is 10.6. The van der Waals surface area contributed by atoms with E-state index in [-0.39, 0.29) is 34.9 Å². The highest BCUT2D eigenvalue weighted by molar-refractivity contribution is 6.74. The summed E-state index contributed by atoms with van der Waals surface area (Å²) in [4.78, 5) is 0. The van der Waals surface area contributed by atoms with Gasteiger partial charge in [0.2, 0.25) is 0 Å². The molecule has 4 nitrogen and oxygen atoms in total. The number of hydrogen-bond donors (Lipinski definition) is 0. The van der Waals surface area contributed by atoms with E-state index in [0.717, 1.165) is 88.2 Å². The van der Waals surface area contributed by atoms with E-state index < -0.39 is 13.1 Å². The summed E-state index contributed by atoms with van der Waals surface area (Å²) in [7, 11) is 0. The Bertz CT molecular complexity index is 1100. The van der Waals surface area contributed by atoms with Crippen LogP contribution in [0.1, 0.15) is 96.9 Å². The second-order valence-corrected chi connectivity index (χ2v) is 12.5. The zero-order valence-electron chi connectivity index (χ0n) is 22.0. The summed E-state index contributed by atoms with van der Waals surface area (Å²) in [5, 5.41) is 0. The lowest BCUT2D eigenvalue weighted by molar-refractivity contribution is -0.216. The minimum atomic E-state index is -1.84. The van der Waals surface area contributed by atoms with Gasteiger partial charge < -0.3 is 18.0 Å². The Kier molecular flexibility index (Phi) is 6.12. The van der Waals surface area contributed by atoms with Crippen molar-refractivity contribution in [2.45, 2.75) is 100 Å². The Morgan fingerprint density at radius 3 is 1.08 bits per heavy atom. The standard InChI is InChI=1S/C30H36B2F2O4/c33-27-17-13-21(14-18-27)29-35-31(23-5-1-6-24(31)8-2-7-23)36-30(22-15-19-28(34)20-16-22)38-32(37-29)25-9-3-10-26(32)12-4-11-25/h13-20,23-26H,1-12H2. The van der Waals surface area contributed by atoms with Crippen LogP contribution in [-0.2, 0) is 9.31 Å². The highest BCUT2D eigenvalue weighted by atomic mass is 19.1. The lowest BCUT2D eigenvalue weighted by Gasteiger charge is -2.49. The van der Waals surface area contributed by atoms with Crippen LogP contribution in [0.3, 0.4) is 0 Å². The van der Waals surface area contributed by atoms with Crippen molar-refractivity contribution in [2.24, 2.45) is 0 Å². The maximum absolute atomic E-state index is 14.0. The number of hydrogen-bond acceptors (Lipinski definition) is 2. The number of rotatable bonds is 2. The van der Waals surface area contributed by atoms with Crippen LogP contribution in [-0.4, -0.2) is 25.0 Å². The van der Waals surface area contributed by atoms with Crippen LogP contribution in [0.5, 0.6) is 0 Å². The Morgan fingerprint density at radius 2 is 0.789 bits per heavy atom. The van der Waals surface area contributed by atoms with E-state index in [1.807, 2.05) is 0 Å². The Morgan fingerprint density at radius 1 is 0.500 bits per heavy atom. The van der Waals surface area contributed by atoms with Crippen LogP contribution in [0.15, 0.2) is 48.5 Å². The average Bonchev–Trinajstić information content (AvgIpc) is 2.88. The molecule has 0 amide bonds. The van der Waals surface area contributed by atoms with Crippen molar-refractivity contribution >= 4 is 25.0 Å². The normalized spacial score (nSPS) is 36.4. The molecule has 0 unspecified atom stereocenters. The van der Waals surface area contributed by atoms with E-state index >= 15 is 0 Å². The first-order chi connectivity index (χ1) is 18.6. The van der Waals surface area contributed by atoms with Gasteiger partial charge in [-0.25, -0.2) is 8.78 Å². The topological polar surface area (TPSA) is 41.1 Å². The molecule has 5 heterocycles. The number of halogens is 2. The van der Waals surface area contributed by atoms with Gasteiger partial charge in [-0.3, -0.25) is 0 Å². The fourth-order valence-electron chi connectivity index (χ4n) is 8.76. The van der Waals surface area contributed by atoms with Crippen LogP contribution in [0.4, 0.5) is 8.78 Å². The summed E-state index contributed by atoms with van der Waals surface area (Å²) in [5.74, 6) is 1.29. The SMILES string of the molecule is Fc1ccc(C2=[O+][B-]3(OC(c4ccc(F)cc4)=[O+][B-]4(O2)C2CCCC4CCC2)C2CCCC3CCC2)cc1. The van der Waals surface area contributed by atoms with Crippen molar-refractivity contribution in [3.63, 3.8) is 0 Å². The van der Waals surface area contributed by atoms with E-state index in [0.29, 0.717) is 11.9 Å². The van der Waals surface area contributed by atoms with E-state index in [1.54, 1.807) is 24.3 Å². The molecule has 4 saturated heterocycles. The second-order valence-electron chi connectivity index (χ2n) is 12.5. The van der Waals surface area contributed by atoms with Crippen LogP contribution >= 0.6 is 0 Å². The predicted molar refractivity (Wildman–Crippen MR) is 146 cm³/mol. The third-order valence-electron chi connectivity index (χ3n) is 10.6. The summed E-state index contributed by atoms with van der Waals surface area (Å²) in [6, 6.07) is 12.9. The molecular formula is C30H36B2F2O4. The monoisotopic (exact) mass is 520 g/mol. The molecule has 0 aliphatic carbocycles. The molecule has 5 aliphatic rings. The minimum absolute atomic E-state index is 0.244. The summed E-state index contributed by atoms with van der Waals surface area (Å²) in [6.45, 7) is -3.67. The molecule has 0 saturated carbocycles. The van der Waals surface area contributed by atoms with E-state index in [4.69, 9.17) is 18.0 Å². The van der Waals surface area contributed by atoms with Crippen LogP contribution in [0, 0.1) is 11.6 Å². The van der Waals surface area contributed by atoms with Crippen LogP contribution in [0.2, 0.25) is 23.3 Å². The molecule has 8 heteroatoms. The van der Waals surface area contributed by atoms with Crippen molar-refractivity contribution in [2.75, 3.05) is 0 Å². The van der Waals surface area contributed by atoms with E-state index in [9.17, 15) is 8.78 Å². The number of benzene rings is 2. The molecule has 0 radical (unpaired) electrons. The van der Waals surface area contributed by atoms with Gasteiger partial charge in [0.15, 0.2) is 0 Å². The van der Waals surface area contributed by atoms with Gasteiger partial charge in [-0.2, -0.15) is 0 Å². The molecule has 38 heavy (non-hydrogen) atoms. The Labute approximate surface area is 223 Å². The predicted octanol–water partition coefficient (Wildman–Crippen LogP) is 8.16. The van der Waals surface area contributed by atoms with Gasteiger partial charge in [0.05, 0.1) is 0 Å². The summed E-state index contributed by atoms with van der Waals surface area (Å²) in [5.41, 5.74) is 1.47. The zero-order valence-corrected chi connectivity index (χ0v) is 22.0. The van der Waals surface area contributed by atoms with Crippen molar-refractivity contribution in [1.82, 2.24) is 0 Å². The maximum Gasteiger partial charge on any atom is 0.602 e. The second kappa shape index (κ2) is 9.53. The Balaban J connectivity index is 1.44. The molecule has 4 bridgehead atoms. The fourth-order valence-corrected chi connectivity index (χ4v) is 8.76. The molecule has 2 aromatic carbocycles. The van der Waals surface area contributed by atoms with Gasteiger partial charge in [-0.1, -0.05) is 77.0 Å². The minimum Gasteiger partial charge on any atom is -0.516 e. The molecule has 0 N–H and O–H groups in total. The van der Waals surface area contributed by atoms with Gasteiger partial charge in [0.1, 0.15) is 22.8 Å². The third kappa shape index (κ3) is 4.01. The summed E-state index contributed by atoms with van der Waals surface area (Å²) < 4.78 is 56.5. The maximum atomic E-state index is 14.0. The molecule has 2 spiro atoms. The highest BCUT2D eigenvalue weighted by Gasteiger charge is 2.67. The van der Waals surface area contributed by atoms with Gasteiger partial charge in [-0.15, -0.1) is 0 Å². The van der Waals surface area contributed by atoms with E-state index in [2.05, 4.69) is 0 Å². The smallest absolute Gasteiger partial charge is 0.516 e. The van der Waals surface area contributed by atoms with Crippen LogP contribution < -0.4 is 0 Å². The van der Waals surface area contributed by atoms with Crippen molar-refractivity contribution in [1.29, 1.82) is 0 Å². The quantitative estimate of drug-likeness (QED) is 0.296. The van der Waals surface area contributed by atoms with Gasteiger partial charge >= 0.3 is 25.0 Å². The van der Waals surface area contributed by atoms with Crippen molar-refractivity contribution in [3.8, 4) is 0 Å². The fraction of sp³-hybridized carbons (Fsp3) is 0.533. The van der Waals surface area contributed by atoms with Crippen LogP contribution in [0.25, 0.3) is 0 Å². The molecule has 4 fully saturated rings. The zero-order chi connectivity index (χ0) is 25.7. The first kappa shape index (κ1) is 24.4. The first-order valence-electron chi connectivity index (χ1n) is 14.9. The van der Waals surface area contributed by atoms with E-state index in [1.165, 1.54) is 24.3 Å². The van der Waals surface area contributed by atoms with Gasteiger partial charge in [0.25, 0.3) is 0 Å². The molecular weight excluding hydrogens is 484 g/mol. The molecule has 5 aliphatic heterocycles. The van der Waals surface area contributed by atoms with Gasteiger partial charge in [0, 0.05) is 0 Å². The highest BCUT2D eigenvalue weighted by Crippen LogP contribution is 2.57. The molecule has 7 rings (SSSR count). The molecule has 0 aromatic heterocycles. The first-order valence-corrected chi connectivity index (χ1v) is 14.9. The molecule has 0 atom stereocenters. The van der Waals surface area contributed by atoms with Gasteiger partial charge in [-0.05, 0) is 71.8 Å².